The molecule has 104 valence electrons. The molecule has 0 aromatic heterocycles. The number of aryl methyl sites for hydroxylation is 1. The maximum atomic E-state index is 12.4. The molecule has 3 nitrogen and oxygen atoms in total. The Morgan fingerprint density at radius 1 is 1.26 bits per heavy atom. The van der Waals surface area contributed by atoms with Gasteiger partial charge in [0, 0.05) is 38.6 Å². The van der Waals surface area contributed by atoms with Crippen molar-refractivity contribution in [3.63, 3.8) is 0 Å². The van der Waals surface area contributed by atoms with E-state index in [0.29, 0.717) is 16.5 Å². The van der Waals surface area contributed by atoms with Crippen LogP contribution < -0.4 is 0 Å². The number of hydrogen-bond acceptors (Lipinski definition) is 2. The number of amides is 1. The molecule has 5 heteroatoms. The predicted molar refractivity (Wildman–Crippen MR) is 79.3 cm³/mol. The minimum atomic E-state index is 0.0236. The zero-order valence-corrected chi connectivity index (χ0v) is 12.5. The molecule has 0 atom stereocenters. The highest BCUT2D eigenvalue weighted by Crippen LogP contribution is 2.20. The van der Waals surface area contributed by atoms with Crippen LogP contribution in [-0.4, -0.2) is 54.3 Å². The normalized spacial score (nSPS) is 16.7. The summed E-state index contributed by atoms with van der Waals surface area (Å²) in [5, 5.41) is 0.535. The third-order valence-electron chi connectivity index (χ3n) is 3.42. The van der Waals surface area contributed by atoms with Gasteiger partial charge in [0.15, 0.2) is 0 Å². The zero-order valence-electron chi connectivity index (χ0n) is 11.0. The highest BCUT2D eigenvalue weighted by atomic mass is 35.5. The quantitative estimate of drug-likeness (QED) is 0.801. The summed E-state index contributed by atoms with van der Waals surface area (Å²) >= 11 is 11.9. The van der Waals surface area contributed by atoms with Crippen molar-refractivity contribution in [1.82, 2.24) is 9.80 Å². The molecular weight excluding hydrogens is 283 g/mol. The Morgan fingerprint density at radius 2 is 1.95 bits per heavy atom. The van der Waals surface area contributed by atoms with Crippen molar-refractivity contribution in [3.8, 4) is 0 Å². The van der Waals surface area contributed by atoms with Gasteiger partial charge in [-0.05, 0) is 24.6 Å². The second-order valence-corrected chi connectivity index (χ2v) is 5.59. The Bertz CT molecular complexity index is 457. The summed E-state index contributed by atoms with van der Waals surface area (Å²) in [7, 11) is 0. The average Bonchev–Trinajstić information content (AvgIpc) is 2.39. The highest BCUT2D eigenvalue weighted by Gasteiger charge is 2.23. The van der Waals surface area contributed by atoms with Gasteiger partial charge in [0.2, 0.25) is 0 Å². The topological polar surface area (TPSA) is 23.6 Å². The van der Waals surface area contributed by atoms with E-state index >= 15 is 0 Å². The van der Waals surface area contributed by atoms with Crippen molar-refractivity contribution < 1.29 is 4.79 Å². The van der Waals surface area contributed by atoms with Crippen LogP contribution in [0.4, 0.5) is 0 Å². The summed E-state index contributed by atoms with van der Waals surface area (Å²) < 4.78 is 0. The van der Waals surface area contributed by atoms with Gasteiger partial charge in [-0.25, -0.2) is 0 Å². The van der Waals surface area contributed by atoms with Gasteiger partial charge in [-0.3, -0.25) is 9.69 Å². The zero-order chi connectivity index (χ0) is 13.8. The van der Waals surface area contributed by atoms with Gasteiger partial charge in [0.25, 0.3) is 5.91 Å². The van der Waals surface area contributed by atoms with Gasteiger partial charge >= 0.3 is 0 Å². The van der Waals surface area contributed by atoms with Crippen molar-refractivity contribution in [2.24, 2.45) is 0 Å². The molecular formula is C14H18Cl2N2O. The van der Waals surface area contributed by atoms with E-state index < -0.39 is 0 Å². The Morgan fingerprint density at radius 3 is 2.53 bits per heavy atom. The van der Waals surface area contributed by atoms with Crippen LogP contribution in [0.3, 0.4) is 0 Å². The van der Waals surface area contributed by atoms with Gasteiger partial charge in [0.05, 0.1) is 10.6 Å². The SMILES string of the molecule is Cc1ccc(C(=O)N2CCN(CCCl)CC2)c(Cl)c1. The lowest BCUT2D eigenvalue weighted by atomic mass is 10.1. The fraction of sp³-hybridized carbons (Fsp3) is 0.500. The van der Waals surface area contributed by atoms with Crippen LogP contribution in [0.25, 0.3) is 0 Å². The Hall–Kier alpha value is -0.770. The third kappa shape index (κ3) is 3.62. The molecule has 0 radical (unpaired) electrons. The Labute approximate surface area is 124 Å². The van der Waals surface area contributed by atoms with Crippen LogP contribution in [-0.2, 0) is 0 Å². The number of rotatable bonds is 3. The molecule has 0 spiro atoms. The Kier molecular flexibility index (Phi) is 5.08. The van der Waals surface area contributed by atoms with Gasteiger partial charge in [-0.15, -0.1) is 11.6 Å². The molecule has 1 saturated heterocycles. The lowest BCUT2D eigenvalue weighted by Crippen LogP contribution is -2.49. The molecule has 19 heavy (non-hydrogen) atoms. The van der Waals surface area contributed by atoms with Crippen LogP contribution in [0.15, 0.2) is 18.2 Å². The molecule has 1 aliphatic heterocycles. The van der Waals surface area contributed by atoms with Gasteiger partial charge < -0.3 is 4.90 Å². The Balaban J connectivity index is 2.01. The molecule has 1 aromatic rings. The molecule has 1 aliphatic rings. The van der Waals surface area contributed by atoms with E-state index in [1.165, 1.54) is 0 Å². The van der Waals surface area contributed by atoms with Crippen LogP contribution >= 0.6 is 23.2 Å². The van der Waals surface area contributed by atoms with Gasteiger partial charge in [-0.1, -0.05) is 17.7 Å². The molecule has 1 amide bonds. The fourth-order valence-electron chi connectivity index (χ4n) is 2.26. The second kappa shape index (κ2) is 6.60. The summed E-state index contributed by atoms with van der Waals surface area (Å²) in [6, 6.07) is 5.56. The molecule has 1 aromatic carbocycles. The predicted octanol–water partition coefficient (Wildman–Crippen LogP) is 2.65. The summed E-state index contributed by atoms with van der Waals surface area (Å²) in [5.41, 5.74) is 1.66. The van der Waals surface area contributed by atoms with Crippen LogP contribution in [0.2, 0.25) is 5.02 Å². The minimum absolute atomic E-state index is 0.0236. The number of alkyl halides is 1. The van der Waals surface area contributed by atoms with E-state index in [2.05, 4.69) is 4.90 Å². The largest absolute Gasteiger partial charge is 0.336 e. The maximum absolute atomic E-state index is 12.4. The van der Waals surface area contributed by atoms with Crippen molar-refractivity contribution in [3.05, 3.63) is 34.3 Å². The van der Waals surface area contributed by atoms with E-state index in [9.17, 15) is 4.79 Å². The minimum Gasteiger partial charge on any atom is -0.336 e. The van der Waals surface area contributed by atoms with E-state index in [4.69, 9.17) is 23.2 Å². The van der Waals surface area contributed by atoms with Crippen molar-refractivity contribution in [1.29, 1.82) is 0 Å². The first-order chi connectivity index (χ1) is 9.11. The van der Waals surface area contributed by atoms with E-state index in [0.717, 1.165) is 38.3 Å². The number of carbonyl (C=O) groups excluding carboxylic acids is 1. The molecule has 1 fully saturated rings. The monoisotopic (exact) mass is 300 g/mol. The summed E-state index contributed by atoms with van der Waals surface area (Å²) in [6.45, 7) is 6.07. The number of nitrogens with zero attached hydrogens (tertiary/aromatic N) is 2. The van der Waals surface area contributed by atoms with Gasteiger partial charge in [0.1, 0.15) is 0 Å². The number of hydrogen-bond donors (Lipinski definition) is 0. The number of benzene rings is 1. The molecule has 0 saturated carbocycles. The fourth-order valence-corrected chi connectivity index (χ4v) is 2.81. The van der Waals surface area contributed by atoms with Crippen molar-refractivity contribution in [2.45, 2.75) is 6.92 Å². The third-order valence-corrected chi connectivity index (χ3v) is 3.90. The maximum Gasteiger partial charge on any atom is 0.255 e. The van der Waals surface area contributed by atoms with Crippen LogP contribution in [0.1, 0.15) is 15.9 Å². The number of piperazine rings is 1. The molecule has 1 heterocycles. The molecule has 2 rings (SSSR count). The summed E-state index contributed by atoms with van der Waals surface area (Å²) in [4.78, 5) is 16.5. The highest BCUT2D eigenvalue weighted by molar-refractivity contribution is 6.33. The first kappa shape index (κ1) is 14.6. The lowest BCUT2D eigenvalue weighted by molar-refractivity contribution is 0.0644. The van der Waals surface area contributed by atoms with E-state index in [1.54, 1.807) is 0 Å². The molecule has 0 bridgehead atoms. The molecule has 0 N–H and O–H groups in total. The summed E-state index contributed by atoms with van der Waals surface area (Å²) in [5.74, 6) is 0.660. The lowest BCUT2D eigenvalue weighted by Gasteiger charge is -2.34. The molecule has 0 aliphatic carbocycles. The van der Waals surface area contributed by atoms with Crippen molar-refractivity contribution in [2.75, 3.05) is 38.6 Å². The van der Waals surface area contributed by atoms with Crippen LogP contribution in [0, 0.1) is 6.92 Å². The molecule has 0 unspecified atom stereocenters. The van der Waals surface area contributed by atoms with Crippen LogP contribution in [0.5, 0.6) is 0 Å². The van der Waals surface area contributed by atoms with E-state index in [-0.39, 0.29) is 5.91 Å². The standard InChI is InChI=1S/C14H18Cl2N2O/c1-11-2-3-12(13(16)10-11)14(19)18-8-6-17(5-4-15)7-9-18/h2-3,10H,4-9H2,1H3. The smallest absolute Gasteiger partial charge is 0.255 e. The first-order valence-electron chi connectivity index (χ1n) is 6.45. The second-order valence-electron chi connectivity index (χ2n) is 4.81. The first-order valence-corrected chi connectivity index (χ1v) is 7.37. The van der Waals surface area contributed by atoms with Gasteiger partial charge in [-0.2, -0.15) is 0 Å². The van der Waals surface area contributed by atoms with Crippen molar-refractivity contribution >= 4 is 29.1 Å². The average molecular weight is 301 g/mol. The van der Waals surface area contributed by atoms with E-state index in [1.807, 2.05) is 30.0 Å². The number of halogens is 2. The number of carbonyl (C=O) groups is 1. The summed E-state index contributed by atoms with van der Waals surface area (Å²) in [6.07, 6.45) is 0.